The lowest BCUT2D eigenvalue weighted by Gasteiger charge is -2.16. The van der Waals surface area contributed by atoms with Crippen LogP contribution in [0.25, 0.3) is 11.1 Å². The van der Waals surface area contributed by atoms with Crippen molar-refractivity contribution in [3.05, 3.63) is 70.8 Å². The number of benzene rings is 3. The lowest BCUT2D eigenvalue weighted by atomic mass is 9.92. The van der Waals surface area contributed by atoms with E-state index in [-0.39, 0.29) is 23.8 Å². The molecular weight excluding hydrogens is 544 g/mol. The van der Waals surface area contributed by atoms with Crippen LogP contribution >= 0.6 is 0 Å². The molecule has 0 spiro atoms. The monoisotopic (exact) mass is 580 g/mol. The first-order chi connectivity index (χ1) is 19.7. The van der Waals surface area contributed by atoms with E-state index in [9.17, 15) is 13.2 Å². The molecule has 0 bridgehead atoms. The second kappa shape index (κ2) is 12.4. The Bertz CT molecular complexity index is 1530. The van der Waals surface area contributed by atoms with Crippen LogP contribution in [0.3, 0.4) is 0 Å². The van der Waals surface area contributed by atoms with Crippen molar-refractivity contribution in [1.29, 1.82) is 0 Å². The molecule has 8 nitrogen and oxygen atoms in total. The lowest BCUT2D eigenvalue weighted by molar-refractivity contribution is -0.137. The molecule has 218 valence electrons. The average Bonchev–Trinajstić information content (AvgIpc) is 3.26. The normalized spacial score (nSPS) is 15.5. The van der Waals surface area contributed by atoms with Crippen molar-refractivity contribution in [2.24, 2.45) is 0 Å². The van der Waals surface area contributed by atoms with Crippen LogP contribution in [-0.2, 0) is 27.7 Å². The first-order valence-electron chi connectivity index (χ1n) is 14.1. The zero-order chi connectivity index (χ0) is 29.0. The molecule has 0 aromatic heterocycles. The van der Waals surface area contributed by atoms with E-state index < -0.39 is 15.8 Å². The number of carboxylic acids is 1. The molecule has 41 heavy (non-hydrogen) atoms. The summed E-state index contributed by atoms with van der Waals surface area (Å²) in [6.07, 6.45) is 1.87. The Balaban J connectivity index is 1.28. The molecule has 9 heteroatoms. The second-order valence-corrected chi connectivity index (χ2v) is 13.0. The standard InChI is InChI=1S/C32H36O8S/c1-3-41(35,36)14-4-12-37-26-15-21(2)32-23(17-26)11-13-38-29-9-5-22(16-28(29)32)19-39-25-7-8-27-24(6-10-31(33)34)20-40-30(27)18-25/h5,7-9,15-18,24H,3-4,6,10-14,19-20H2,1-2H3,(H,33,34)/t24-/m1/s1. The number of fused-ring (bicyclic) bond motifs is 4. The fourth-order valence-electron chi connectivity index (χ4n) is 5.41. The Labute approximate surface area is 241 Å². The van der Waals surface area contributed by atoms with Crippen LogP contribution in [0.1, 0.15) is 54.4 Å². The third-order valence-electron chi connectivity index (χ3n) is 7.62. The van der Waals surface area contributed by atoms with Gasteiger partial charge in [-0.15, -0.1) is 0 Å². The highest BCUT2D eigenvalue weighted by molar-refractivity contribution is 7.91. The molecule has 0 saturated heterocycles. The Hall–Kier alpha value is -3.72. The number of carbonyl (C=O) groups is 1. The summed E-state index contributed by atoms with van der Waals surface area (Å²) in [5.41, 5.74) is 6.36. The van der Waals surface area contributed by atoms with Gasteiger partial charge in [-0.3, -0.25) is 4.79 Å². The fourth-order valence-corrected chi connectivity index (χ4v) is 6.26. The predicted octanol–water partition coefficient (Wildman–Crippen LogP) is 5.72. The third kappa shape index (κ3) is 6.96. The van der Waals surface area contributed by atoms with Crippen LogP contribution in [0.15, 0.2) is 48.5 Å². The van der Waals surface area contributed by atoms with Gasteiger partial charge < -0.3 is 24.1 Å². The van der Waals surface area contributed by atoms with E-state index >= 15 is 0 Å². The average molecular weight is 581 g/mol. The molecule has 0 fully saturated rings. The van der Waals surface area contributed by atoms with Gasteiger partial charge in [0.15, 0.2) is 0 Å². The van der Waals surface area contributed by atoms with E-state index in [2.05, 4.69) is 13.0 Å². The maximum absolute atomic E-state index is 11.8. The van der Waals surface area contributed by atoms with Crippen LogP contribution in [0, 0.1) is 6.92 Å². The molecule has 3 aromatic carbocycles. The number of aliphatic carboxylic acids is 1. The summed E-state index contributed by atoms with van der Waals surface area (Å²) >= 11 is 0. The Morgan fingerprint density at radius 2 is 1.88 bits per heavy atom. The van der Waals surface area contributed by atoms with Crippen molar-refractivity contribution < 1.29 is 37.3 Å². The predicted molar refractivity (Wildman–Crippen MR) is 156 cm³/mol. The van der Waals surface area contributed by atoms with Gasteiger partial charge in [0.1, 0.15) is 39.4 Å². The van der Waals surface area contributed by atoms with E-state index in [1.807, 2.05) is 42.5 Å². The minimum absolute atomic E-state index is 0.0890. The first-order valence-corrected chi connectivity index (χ1v) is 15.9. The van der Waals surface area contributed by atoms with Gasteiger partial charge in [-0.05, 0) is 72.4 Å². The highest BCUT2D eigenvalue weighted by atomic mass is 32.2. The fraction of sp³-hybridized carbons (Fsp3) is 0.406. The van der Waals surface area contributed by atoms with Gasteiger partial charge >= 0.3 is 5.97 Å². The molecule has 5 rings (SSSR count). The van der Waals surface area contributed by atoms with Gasteiger partial charge in [-0.2, -0.15) is 0 Å². The zero-order valence-electron chi connectivity index (χ0n) is 23.5. The molecule has 0 radical (unpaired) electrons. The van der Waals surface area contributed by atoms with Gasteiger partial charge in [-0.25, -0.2) is 8.42 Å². The van der Waals surface area contributed by atoms with Crippen LogP contribution in [0.5, 0.6) is 23.0 Å². The molecule has 2 heterocycles. The summed E-state index contributed by atoms with van der Waals surface area (Å²) in [7, 11) is -3.00. The van der Waals surface area contributed by atoms with E-state index in [4.69, 9.17) is 24.1 Å². The smallest absolute Gasteiger partial charge is 0.303 e. The van der Waals surface area contributed by atoms with Crippen molar-refractivity contribution in [2.45, 2.75) is 52.1 Å². The molecule has 0 saturated carbocycles. The summed E-state index contributed by atoms with van der Waals surface area (Å²) in [6, 6.07) is 15.9. The van der Waals surface area contributed by atoms with Gasteiger partial charge in [0.25, 0.3) is 0 Å². The zero-order valence-corrected chi connectivity index (χ0v) is 24.3. The van der Waals surface area contributed by atoms with E-state index in [0.29, 0.717) is 45.0 Å². The van der Waals surface area contributed by atoms with Crippen molar-refractivity contribution in [1.82, 2.24) is 0 Å². The Kier molecular flexibility index (Phi) is 8.73. The minimum Gasteiger partial charge on any atom is -0.494 e. The number of rotatable bonds is 12. The van der Waals surface area contributed by atoms with Gasteiger partial charge in [0.05, 0.1) is 25.6 Å². The molecular formula is C32H36O8S. The number of aryl methyl sites for hydroxylation is 1. The van der Waals surface area contributed by atoms with Crippen molar-refractivity contribution >= 4 is 15.8 Å². The molecule has 2 aliphatic rings. The molecule has 3 aromatic rings. The van der Waals surface area contributed by atoms with E-state index in [0.717, 1.165) is 57.1 Å². The van der Waals surface area contributed by atoms with Gasteiger partial charge in [-0.1, -0.05) is 19.1 Å². The summed E-state index contributed by atoms with van der Waals surface area (Å²) in [5.74, 6) is 2.58. The van der Waals surface area contributed by atoms with Crippen LogP contribution < -0.4 is 18.9 Å². The first kappa shape index (κ1) is 28.8. The summed E-state index contributed by atoms with van der Waals surface area (Å²) in [5, 5.41) is 8.99. The summed E-state index contributed by atoms with van der Waals surface area (Å²) in [6.45, 7) is 5.47. The third-order valence-corrected chi connectivity index (χ3v) is 9.41. The number of sulfone groups is 1. The highest BCUT2D eigenvalue weighted by Gasteiger charge is 2.25. The van der Waals surface area contributed by atoms with Gasteiger partial charge in [0, 0.05) is 41.7 Å². The van der Waals surface area contributed by atoms with Crippen LogP contribution in [0.4, 0.5) is 0 Å². The van der Waals surface area contributed by atoms with Crippen molar-refractivity contribution in [3.63, 3.8) is 0 Å². The lowest BCUT2D eigenvalue weighted by Crippen LogP contribution is -2.12. The van der Waals surface area contributed by atoms with Crippen LogP contribution in [0.2, 0.25) is 0 Å². The topological polar surface area (TPSA) is 108 Å². The molecule has 0 aliphatic carbocycles. The summed E-state index contributed by atoms with van der Waals surface area (Å²) in [4.78, 5) is 10.9. The number of ether oxygens (including phenoxy) is 4. The van der Waals surface area contributed by atoms with Gasteiger partial charge in [0.2, 0.25) is 0 Å². The molecule has 2 aliphatic heterocycles. The second-order valence-electron chi connectivity index (χ2n) is 10.6. The SMILES string of the molecule is CCS(=O)(=O)CCCOc1cc(C)c2c(c1)CCOc1ccc(COc3ccc4c(c3)OC[C@H]4CCC(=O)O)cc1-2. The quantitative estimate of drug-likeness (QED) is 0.271. The number of hydrogen-bond donors (Lipinski definition) is 1. The van der Waals surface area contributed by atoms with Crippen LogP contribution in [-0.4, -0.2) is 50.8 Å². The van der Waals surface area contributed by atoms with E-state index in [1.165, 1.54) is 0 Å². The van der Waals surface area contributed by atoms with Crippen molar-refractivity contribution in [2.75, 3.05) is 31.3 Å². The Morgan fingerprint density at radius 1 is 1.02 bits per heavy atom. The van der Waals surface area contributed by atoms with E-state index in [1.54, 1.807) is 6.92 Å². The largest absolute Gasteiger partial charge is 0.494 e. The number of carboxylic acid groups (broad SMARTS) is 1. The number of hydrogen-bond acceptors (Lipinski definition) is 7. The molecule has 0 amide bonds. The maximum Gasteiger partial charge on any atom is 0.303 e. The van der Waals surface area contributed by atoms with Crippen molar-refractivity contribution in [3.8, 4) is 34.1 Å². The summed E-state index contributed by atoms with van der Waals surface area (Å²) < 4.78 is 47.5. The molecule has 1 atom stereocenters. The molecule has 0 unspecified atom stereocenters. The maximum atomic E-state index is 11.8. The Morgan fingerprint density at radius 3 is 2.68 bits per heavy atom. The molecule has 1 N–H and O–H groups in total. The highest BCUT2D eigenvalue weighted by Crippen LogP contribution is 2.41. The minimum atomic E-state index is -3.00.